The van der Waals surface area contributed by atoms with Gasteiger partial charge in [-0.05, 0) is 35.7 Å². The largest absolute Gasteiger partial charge is 2.00 e. The summed E-state index contributed by atoms with van der Waals surface area (Å²) in [5, 5.41) is 24.0. The van der Waals surface area contributed by atoms with Crippen molar-refractivity contribution in [2.45, 2.75) is 16.0 Å². The van der Waals surface area contributed by atoms with E-state index in [2.05, 4.69) is 9.97 Å². The second-order valence-electron chi connectivity index (χ2n) is 8.33. The summed E-state index contributed by atoms with van der Waals surface area (Å²) in [6.07, 6.45) is 8.26. The van der Waals surface area contributed by atoms with E-state index >= 15 is 0 Å². The van der Waals surface area contributed by atoms with Crippen molar-refractivity contribution in [2.24, 2.45) is 11.8 Å². The van der Waals surface area contributed by atoms with Crippen molar-refractivity contribution in [3.05, 3.63) is 85.2 Å². The molecule has 12 heteroatoms. The number of halogens is 3. The van der Waals surface area contributed by atoms with Crippen LogP contribution in [0.3, 0.4) is 0 Å². The molecule has 4 aromatic rings. The molecule has 2 aromatic heterocycles. The molecule has 0 spiro atoms. The summed E-state index contributed by atoms with van der Waals surface area (Å²) in [7, 11) is 0. The van der Waals surface area contributed by atoms with Crippen molar-refractivity contribution in [3.63, 3.8) is 0 Å². The number of aromatic nitrogens is 2. The summed E-state index contributed by atoms with van der Waals surface area (Å²) in [4.78, 5) is 31.7. The van der Waals surface area contributed by atoms with Gasteiger partial charge in [0.15, 0.2) is 0 Å². The summed E-state index contributed by atoms with van der Waals surface area (Å²) >= 11 is 17.4. The monoisotopic (exact) mass is 650 g/mol. The van der Waals surface area contributed by atoms with Crippen molar-refractivity contribution in [3.8, 4) is 11.5 Å². The molecule has 2 aromatic carbocycles. The molecule has 2 amide bonds. The minimum atomic E-state index is -1.69. The van der Waals surface area contributed by atoms with Gasteiger partial charge in [-0.15, -0.1) is 0 Å². The summed E-state index contributed by atoms with van der Waals surface area (Å²) in [5.41, 5.74) is 1.10. The molecule has 205 valence electrons. The van der Waals surface area contributed by atoms with Crippen molar-refractivity contribution in [2.75, 3.05) is 0 Å². The Morgan fingerprint density at radius 1 is 0.744 bits per heavy atom. The SMILES string of the molecule is O=C1C2CC=CCC2C(=O)N1SC(Cl)(Cl)Cl.[Cu+2].[O-]c1cccc2cccnc12.[O-]c1cccc2cccnc12. The van der Waals surface area contributed by atoms with E-state index in [1.807, 2.05) is 48.6 Å². The third kappa shape index (κ3) is 7.78. The fourth-order valence-electron chi connectivity index (χ4n) is 4.12. The molecule has 1 radical (unpaired) electrons. The first-order valence-corrected chi connectivity index (χ1v) is 13.4. The Kier molecular flexibility index (Phi) is 10.9. The summed E-state index contributed by atoms with van der Waals surface area (Å²) < 4.78 is -0.693. The molecule has 0 bridgehead atoms. The summed E-state index contributed by atoms with van der Waals surface area (Å²) in [6.45, 7) is 0. The van der Waals surface area contributed by atoms with E-state index in [4.69, 9.17) is 34.8 Å². The number of para-hydroxylation sites is 2. The average Bonchev–Trinajstić information content (AvgIpc) is 3.14. The smallest absolute Gasteiger partial charge is 0.871 e. The van der Waals surface area contributed by atoms with Gasteiger partial charge in [0.2, 0.25) is 11.8 Å². The zero-order valence-corrected chi connectivity index (χ0v) is 24.0. The number of pyridine rings is 2. The van der Waals surface area contributed by atoms with E-state index in [0.29, 0.717) is 35.8 Å². The first kappa shape index (κ1) is 31.0. The van der Waals surface area contributed by atoms with E-state index < -0.39 is 3.12 Å². The van der Waals surface area contributed by atoms with E-state index in [9.17, 15) is 19.8 Å². The molecule has 6 rings (SSSR count). The number of hydrogen-bond donors (Lipinski definition) is 0. The molecule has 39 heavy (non-hydrogen) atoms. The number of amides is 2. The number of allylic oxidation sites excluding steroid dienone is 2. The average molecular weight is 652 g/mol. The molecule has 2 atom stereocenters. The Balaban J connectivity index is 0.000000164. The van der Waals surface area contributed by atoms with Crippen LogP contribution < -0.4 is 10.2 Å². The van der Waals surface area contributed by atoms with Crippen LogP contribution in [-0.4, -0.2) is 29.2 Å². The maximum atomic E-state index is 11.9. The standard InChI is InChI=1S/C9H8Cl3NO2S.2C9H7NO.Cu/c10-9(11,12)16-13-7(14)5-3-1-2-4-6(5)8(13)15;2*11-8-5-1-3-7-4-2-6-10-9(7)8;/h1-2,5-6H,3-4H2;2*1-6,11H;/q;;;+2/p-2. The van der Waals surface area contributed by atoms with Crippen LogP contribution in [0.1, 0.15) is 12.8 Å². The van der Waals surface area contributed by atoms with E-state index in [-0.39, 0.29) is 52.2 Å². The van der Waals surface area contributed by atoms with E-state index in [1.54, 1.807) is 24.5 Å². The normalized spacial score (nSPS) is 18.0. The molecule has 2 unspecified atom stereocenters. The zero-order valence-electron chi connectivity index (χ0n) is 20.0. The second-order valence-corrected chi connectivity index (χ2v) is 12.4. The maximum absolute atomic E-state index is 11.9. The Labute approximate surface area is 254 Å². The molecule has 0 saturated carbocycles. The van der Waals surface area contributed by atoms with Crippen LogP contribution in [-0.2, 0) is 26.7 Å². The molecular formula is C27H20Cl3CuN3O4S. The van der Waals surface area contributed by atoms with Crippen molar-refractivity contribution >= 4 is 80.4 Å². The van der Waals surface area contributed by atoms with Crippen LogP contribution in [0.2, 0.25) is 0 Å². The molecule has 1 fully saturated rings. The number of hydrogen-bond acceptors (Lipinski definition) is 7. The van der Waals surface area contributed by atoms with Gasteiger partial charge in [0.25, 0.3) is 3.12 Å². The third-order valence-electron chi connectivity index (χ3n) is 5.85. The predicted octanol–water partition coefficient (Wildman–Crippen LogP) is 5.53. The molecule has 3 heterocycles. The number of benzene rings is 2. The van der Waals surface area contributed by atoms with Crippen LogP contribution in [0.15, 0.2) is 85.2 Å². The van der Waals surface area contributed by atoms with Gasteiger partial charge in [-0.2, -0.15) is 0 Å². The van der Waals surface area contributed by atoms with Crippen LogP contribution in [0.5, 0.6) is 11.5 Å². The van der Waals surface area contributed by atoms with Crippen molar-refractivity contribution < 1.29 is 36.9 Å². The molecule has 7 nitrogen and oxygen atoms in total. The van der Waals surface area contributed by atoms with Gasteiger partial charge in [-0.3, -0.25) is 19.6 Å². The van der Waals surface area contributed by atoms with Crippen LogP contribution in [0.25, 0.3) is 21.8 Å². The molecule has 0 N–H and O–H groups in total. The fourth-order valence-corrected chi connectivity index (χ4v) is 5.39. The van der Waals surface area contributed by atoms with Crippen LogP contribution >= 0.6 is 46.8 Å². The minimum Gasteiger partial charge on any atom is -0.871 e. The Hall–Kier alpha value is -2.52. The van der Waals surface area contributed by atoms with Gasteiger partial charge in [0.1, 0.15) is 0 Å². The third-order valence-corrected chi connectivity index (χ3v) is 7.22. The van der Waals surface area contributed by atoms with Crippen LogP contribution in [0, 0.1) is 11.8 Å². The number of imide groups is 1. The Morgan fingerprint density at radius 2 is 1.15 bits per heavy atom. The molecule has 2 aliphatic rings. The fraction of sp³-hybridized carbons (Fsp3) is 0.185. The van der Waals surface area contributed by atoms with Crippen molar-refractivity contribution in [1.29, 1.82) is 0 Å². The van der Waals surface area contributed by atoms with Gasteiger partial charge in [-0.25, -0.2) is 4.31 Å². The van der Waals surface area contributed by atoms with E-state index in [0.717, 1.165) is 15.1 Å². The Morgan fingerprint density at radius 3 is 1.54 bits per heavy atom. The topological polar surface area (TPSA) is 109 Å². The number of fused-ring (bicyclic) bond motifs is 3. The van der Waals surface area contributed by atoms with Crippen LogP contribution in [0.4, 0.5) is 0 Å². The predicted molar refractivity (Wildman–Crippen MR) is 147 cm³/mol. The molecular weight excluding hydrogens is 632 g/mol. The number of nitrogens with zero attached hydrogens (tertiary/aromatic N) is 3. The molecule has 1 saturated heterocycles. The second kappa shape index (κ2) is 13.7. The molecule has 1 aliphatic heterocycles. The van der Waals surface area contributed by atoms with Gasteiger partial charge < -0.3 is 10.2 Å². The first-order chi connectivity index (χ1) is 18.2. The number of alkyl halides is 3. The zero-order chi connectivity index (χ0) is 27.3. The quantitative estimate of drug-likeness (QED) is 0.0875. The molecule has 1 aliphatic carbocycles. The van der Waals surface area contributed by atoms with Gasteiger partial charge in [0, 0.05) is 24.3 Å². The number of rotatable bonds is 1. The minimum absolute atomic E-state index is 0. The Bertz CT molecular complexity index is 1390. The van der Waals surface area contributed by atoms with Crippen molar-refractivity contribution in [1.82, 2.24) is 14.3 Å². The van der Waals surface area contributed by atoms with Gasteiger partial charge in [-0.1, -0.05) is 107 Å². The van der Waals surface area contributed by atoms with Gasteiger partial charge in [0.05, 0.1) is 22.9 Å². The summed E-state index contributed by atoms with van der Waals surface area (Å²) in [6, 6.07) is 17.7. The van der Waals surface area contributed by atoms with E-state index in [1.165, 1.54) is 12.1 Å². The summed E-state index contributed by atoms with van der Waals surface area (Å²) in [5.74, 6) is -1.09. The maximum Gasteiger partial charge on any atom is 2.00 e. The van der Waals surface area contributed by atoms with Gasteiger partial charge >= 0.3 is 17.1 Å². The number of carbonyl (C=O) groups is 2. The number of carbonyl (C=O) groups excluding carboxylic acids is 2. The first-order valence-electron chi connectivity index (χ1n) is 11.5.